The quantitative estimate of drug-likeness (QED) is 0.0379. The Bertz CT molecular complexity index is 2750. The molecule has 2 heterocycles. The molecule has 1 aliphatic heterocycles. The number of halogens is 2. The number of aliphatic carboxylic acids is 3. The zero-order valence-corrected chi connectivity index (χ0v) is 46.8. The van der Waals surface area contributed by atoms with Crippen molar-refractivity contribution in [3.05, 3.63) is 36.0 Å². The number of carbonyl (C=O) groups is 12. The maximum atomic E-state index is 13.9. The Hall–Kier alpha value is -7.72. The molecule has 448 valence electrons. The average Bonchev–Trinajstić information content (AvgIpc) is 3.98. The van der Waals surface area contributed by atoms with Gasteiger partial charge in [0.1, 0.15) is 30.2 Å². The summed E-state index contributed by atoms with van der Waals surface area (Å²) in [6.07, 6.45) is -2.43. The molecule has 2 aromatic rings. The van der Waals surface area contributed by atoms with E-state index in [4.69, 9.17) is 5.11 Å². The Kier molecular flexibility index (Phi) is 26.1. The van der Waals surface area contributed by atoms with Crippen LogP contribution in [0, 0.1) is 23.2 Å². The van der Waals surface area contributed by atoms with Crippen LogP contribution in [0.5, 0.6) is 0 Å². The molecule has 1 saturated carbocycles. The lowest BCUT2D eigenvalue weighted by Crippen LogP contribution is -2.60. The van der Waals surface area contributed by atoms with Crippen LogP contribution in [-0.2, 0) is 52.7 Å². The standard InChI is InChI=1S/C51H68F2N12O15S2/c1-28(66)58-36(7-10-43(71)72)47(77)61-39(27-82)50(80)60-37(8-11-44(73)74)48(78)62-38(26-81)49(79)59-35(6-9-42(69)70)46(76)57-25-41(68)65-18-16-64(17-19-65)15-3-14-63(2)30-4-5-34-32(20-30)31(12-13-55-34)45(75)56-24-40(67)33-22-51(52,53)21-29(33)23-54/h4-5,12-13,20,29,33,35-39,81-82H,3,6-11,14-19,21-22,24-27H2,1-2H3,(H,56,75)(H,57,76)(H,58,66)(H,59,79)(H,60,80)(H,61,77)(H,62,78)(H,69,70)(H,71,72)(H,73,74)/t29-,33?,35-,36-,37-,38-,39-/m0/s1. The van der Waals surface area contributed by atoms with E-state index in [9.17, 15) is 81.8 Å². The van der Waals surface area contributed by atoms with Crippen LogP contribution in [0.1, 0.15) is 75.1 Å². The van der Waals surface area contributed by atoms with Gasteiger partial charge in [0, 0.05) is 113 Å². The van der Waals surface area contributed by atoms with Crippen LogP contribution in [0.2, 0.25) is 0 Å². The lowest BCUT2D eigenvalue weighted by molar-refractivity contribution is -0.139. The van der Waals surface area contributed by atoms with E-state index in [1.54, 1.807) is 18.2 Å². The first-order chi connectivity index (χ1) is 38.7. The largest absolute Gasteiger partial charge is 0.481 e. The van der Waals surface area contributed by atoms with Crippen LogP contribution in [-0.4, -0.2) is 208 Å². The Morgan fingerprint density at radius 1 is 0.720 bits per heavy atom. The summed E-state index contributed by atoms with van der Waals surface area (Å²) in [5.74, 6) is -17.7. The zero-order chi connectivity index (χ0) is 60.8. The molecular weight excluding hydrogens is 1120 g/mol. The number of thiol groups is 2. The van der Waals surface area contributed by atoms with Gasteiger partial charge in [0.15, 0.2) is 5.78 Å². The molecule has 27 nitrogen and oxygen atoms in total. The summed E-state index contributed by atoms with van der Waals surface area (Å²) in [7, 11) is 1.86. The molecule has 1 aromatic carbocycles. The number of rotatable bonds is 32. The number of ketones is 1. The summed E-state index contributed by atoms with van der Waals surface area (Å²) in [6.45, 7) is 2.87. The van der Waals surface area contributed by atoms with Crippen molar-refractivity contribution in [2.24, 2.45) is 11.8 Å². The van der Waals surface area contributed by atoms with Crippen molar-refractivity contribution in [2.45, 2.75) is 101 Å². The minimum Gasteiger partial charge on any atom is -0.481 e. The molecule has 10 N–H and O–H groups in total. The fourth-order valence-corrected chi connectivity index (χ4v) is 9.57. The van der Waals surface area contributed by atoms with E-state index in [-0.39, 0.29) is 17.7 Å². The van der Waals surface area contributed by atoms with Gasteiger partial charge >= 0.3 is 17.9 Å². The molecule has 1 aliphatic carbocycles. The van der Waals surface area contributed by atoms with Gasteiger partial charge in [0.25, 0.3) is 5.91 Å². The number of fused-ring (bicyclic) bond motifs is 1. The highest BCUT2D eigenvalue weighted by Gasteiger charge is 2.49. The molecular formula is C51H68F2N12O15S2. The third-order valence-electron chi connectivity index (χ3n) is 13.6. The highest BCUT2D eigenvalue weighted by Crippen LogP contribution is 2.43. The summed E-state index contributed by atoms with van der Waals surface area (Å²) in [5.41, 5.74) is 1.48. The number of aromatic nitrogens is 1. The maximum absolute atomic E-state index is 13.9. The molecule has 31 heteroatoms. The van der Waals surface area contributed by atoms with Crippen LogP contribution in [0.15, 0.2) is 30.5 Å². The van der Waals surface area contributed by atoms with E-state index in [2.05, 4.69) is 72.4 Å². The number of pyridine rings is 1. The molecule has 1 unspecified atom stereocenters. The Morgan fingerprint density at radius 3 is 1.74 bits per heavy atom. The highest BCUT2D eigenvalue weighted by molar-refractivity contribution is 7.80. The maximum Gasteiger partial charge on any atom is 0.303 e. The Labute approximate surface area is 480 Å². The molecule has 4 rings (SSSR count). The van der Waals surface area contributed by atoms with Crippen molar-refractivity contribution in [1.29, 1.82) is 5.26 Å². The minimum atomic E-state index is -3.13. The average molecular weight is 1190 g/mol. The molecule has 1 aromatic heterocycles. The zero-order valence-electron chi connectivity index (χ0n) is 45.0. The lowest BCUT2D eigenvalue weighted by atomic mass is 9.93. The predicted molar refractivity (Wildman–Crippen MR) is 293 cm³/mol. The van der Waals surface area contributed by atoms with Crippen LogP contribution < -0.4 is 42.1 Å². The first-order valence-electron chi connectivity index (χ1n) is 26.1. The van der Waals surface area contributed by atoms with Gasteiger partial charge in [-0.3, -0.25) is 67.4 Å². The van der Waals surface area contributed by atoms with Crippen molar-refractivity contribution in [1.82, 2.24) is 52.0 Å². The van der Waals surface area contributed by atoms with Gasteiger partial charge in [-0.05, 0) is 56.5 Å². The number of hydrogen-bond donors (Lipinski definition) is 12. The van der Waals surface area contributed by atoms with Crippen molar-refractivity contribution in [3.63, 3.8) is 0 Å². The number of anilines is 1. The van der Waals surface area contributed by atoms with Gasteiger partial charge in [0.05, 0.1) is 36.2 Å². The van der Waals surface area contributed by atoms with Crippen LogP contribution in [0.3, 0.4) is 0 Å². The molecule has 0 radical (unpaired) electrons. The van der Waals surface area contributed by atoms with E-state index in [0.717, 1.165) is 12.6 Å². The van der Waals surface area contributed by atoms with E-state index in [1.807, 2.05) is 18.0 Å². The number of carboxylic acids is 3. The van der Waals surface area contributed by atoms with Gasteiger partial charge < -0.3 is 62.3 Å². The topological polar surface area (TPSA) is 396 Å². The molecule has 2 aliphatic rings. The number of nitrogens with one attached hydrogen (secondary N) is 7. The monoisotopic (exact) mass is 1190 g/mol. The van der Waals surface area contributed by atoms with Gasteiger partial charge in [-0.25, -0.2) is 8.78 Å². The van der Waals surface area contributed by atoms with E-state index < -0.39 is 183 Å². The fraction of sp³-hybridized carbons (Fsp3) is 0.569. The van der Waals surface area contributed by atoms with Crippen LogP contribution >= 0.6 is 25.3 Å². The number of nitrogens with zero attached hydrogens (tertiary/aromatic N) is 5. The van der Waals surface area contributed by atoms with E-state index in [1.165, 1.54) is 17.2 Å². The predicted octanol–water partition coefficient (Wildman–Crippen LogP) is -1.30. The van der Waals surface area contributed by atoms with E-state index >= 15 is 0 Å². The second kappa shape index (κ2) is 32.1. The number of carbonyl (C=O) groups excluding carboxylic acids is 9. The fourth-order valence-electron chi connectivity index (χ4n) is 9.06. The normalized spacial score (nSPS) is 17.5. The number of nitriles is 1. The number of amides is 8. The van der Waals surface area contributed by atoms with Crippen LogP contribution in [0.4, 0.5) is 14.5 Å². The van der Waals surface area contributed by atoms with Crippen LogP contribution in [0.25, 0.3) is 10.9 Å². The summed E-state index contributed by atoms with van der Waals surface area (Å²) < 4.78 is 27.9. The number of piperazine rings is 1. The molecule has 82 heavy (non-hydrogen) atoms. The second-order valence-corrected chi connectivity index (χ2v) is 20.4. The van der Waals surface area contributed by atoms with Gasteiger partial charge in [-0.15, -0.1) is 0 Å². The number of carboxylic acid groups (broad SMARTS) is 3. The lowest BCUT2D eigenvalue weighted by Gasteiger charge is -2.35. The summed E-state index contributed by atoms with van der Waals surface area (Å²) in [5, 5.41) is 54.1. The van der Waals surface area contributed by atoms with Crippen molar-refractivity contribution >= 4 is 113 Å². The number of benzene rings is 1. The summed E-state index contributed by atoms with van der Waals surface area (Å²) in [4.78, 5) is 162. The molecule has 8 amide bonds. The SMILES string of the molecule is CC(=O)N[C@@H](CCC(=O)O)C(=O)N[C@@H](CS)C(=O)N[C@@H](CCC(=O)O)C(=O)N[C@@H](CS)C(=O)N[C@@H](CCC(=O)O)C(=O)NCC(=O)N1CCN(CCCN(C)c2ccc3nccc(C(=O)NCC(=O)C4CC(F)(F)C[C@H]4C#N)c3c2)CC1. The van der Waals surface area contributed by atoms with Crippen molar-refractivity contribution in [3.8, 4) is 6.07 Å². The van der Waals surface area contributed by atoms with Gasteiger partial charge in [-0.2, -0.15) is 30.5 Å². The second-order valence-electron chi connectivity index (χ2n) is 19.7. The summed E-state index contributed by atoms with van der Waals surface area (Å²) >= 11 is 8.18. The molecule has 0 spiro atoms. The molecule has 2 fully saturated rings. The Morgan fingerprint density at radius 2 is 1.23 bits per heavy atom. The van der Waals surface area contributed by atoms with Gasteiger partial charge in [-0.1, -0.05) is 0 Å². The van der Waals surface area contributed by atoms with Gasteiger partial charge in [0.2, 0.25) is 47.3 Å². The smallest absolute Gasteiger partial charge is 0.303 e. The molecule has 7 atom stereocenters. The molecule has 1 saturated heterocycles. The third-order valence-corrected chi connectivity index (χ3v) is 14.3. The minimum absolute atomic E-state index is 0.219. The highest BCUT2D eigenvalue weighted by atomic mass is 32.1. The molecule has 0 bridgehead atoms. The number of alkyl halides is 2. The van der Waals surface area contributed by atoms with E-state index in [0.29, 0.717) is 56.6 Å². The number of Topliss-reactive ketones (excluding diaryl/α,β-unsaturated/α-hetero) is 1. The first kappa shape index (κ1) is 66.8. The summed E-state index contributed by atoms with van der Waals surface area (Å²) in [6, 6.07) is 0.998. The number of hydrogen-bond acceptors (Lipinski definition) is 18. The Balaban J connectivity index is 1.27. The van der Waals surface area contributed by atoms with Crippen molar-refractivity contribution in [2.75, 3.05) is 75.8 Å². The first-order valence-corrected chi connectivity index (χ1v) is 27.3. The third kappa shape index (κ3) is 21.0. The van der Waals surface area contributed by atoms with Crippen molar-refractivity contribution < 1.29 is 81.6 Å².